The monoisotopic (exact) mass is 454 g/mol. The van der Waals surface area contributed by atoms with Gasteiger partial charge in [-0.15, -0.1) is 0 Å². The van der Waals surface area contributed by atoms with Crippen LogP contribution in [0.25, 0.3) is 0 Å². The van der Waals surface area contributed by atoms with E-state index in [-0.39, 0.29) is 30.8 Å². The van der Waals surface area contributed by atoms with Gasteiger partial charge in [-0.25, -0.2) is 0 Å². The van der Waals surface area contributed by atoms with Gasteiger partial charge >= 0.3 is 0 Å². The van der Waals surface area contributed by atoms with Gasteiger partial charge < -0.3 is 10.2 Å². The molecule has 1 N–H and O–H groups in total. The highest BCUT2D eigenvalue weighted by molar-refractivity contribution is 6.35. The molecule has 2 aromatic rings. The van der Waals surface area contributed by atoms with Crippen molar-refractivity contribution in [2.75, 3.05) is 0 Å². The SMILES string of the molecule is CC[C@@H](C(=O)NC(C)C)N(Cc1ccc(Cl)cc1Cl)C(=O)Cc1cccc(Cl)c1. The maximum absolute atomic E-state index is 13.2. The second kappa shape index (κ2) is 10.9. The zero-order chi connectivity index (χ0) is 21.6. The molecule has 1 atom stereocenters. The third kappa shape index (κ3) is 6.91. The fourth-order valence-electron chi connectivity index (χ4n) is 3.06. The van der Waals surface area contributed by atoms with Gasteiger partial charge in [-0.05, 0) is 55.7 Å². The molecule has 0 aliphatic heterocycles. The molecule has 4 nitrogen and oxygen atoms in total. The van der Waals surface area contributed by atoms with Gasteiger partial charge in [0.1, 0.15) is 6.04 Å². The van der Waals surface area contributed by atoms with Gasteiger partial charge in [0.2, 0.25) is 11.8 Å². The van der Waals surface area contributed by atoms with Crippen LogP contribution >= 0.6 is 34.8 Å². The summed E-state index contributed by atoms with van der Waals surface area (Å²) in [5.41, 5.74) is 1.51. The fourth-order valence-corrected chi connectivity index (χ4v) is 3.74. The summed E-state index contributed by atoms with van der Waals surface area (Å²) in [6, 6.07) is 11.6. The summed E-state index contributed by atoms with van der Waals surface area (Å²) in [4.78, 5) is 27.6. The van der Waals surface area contributed by atoms with Crippen LogP contribution in [0, 0.1) is 0 Å². The number of carbonyl (C=O) groups excluding carboxylic acids is 2. The first kappa shape index (κ1) is 23.5. The molecule has 0 unspecified atom stereocenters. The Morgan fingerprint density at radius 1 is 1.03 bits per heavy atom. The molecule has 0 aliphatic carbocycles. The lowest BCUT2D eigenvalue weighted by Crippen LogP contribution is -2.50. The highest BCUT2D eigenvalue weighted by Crippen LogP contribution is 2.24. The van der Waals surface area contributed by atoms with Crippen molar-refractivity contribution < 1.29 is 9.59 Å². The molecule has 0 bridgehead atoms. The predicted molar refractivity (Wildman–Crippen MR) is 120 cm³/mol. The van der Waals surface area contributed by atoms with Crippen molar-refractivity contribution in [3.05, 3.63) is 68.7 Å². The van der Waals surface area contributed by atoms with E-state index in [0.29, 0.717) is 21.5 Å². The molecule has 0 fully saturated rings. The third-order valence-corrected chi connectivity index (χ3v) is 5.24. The Morgan fingerprint density at radius 2 is 1.72 bits per heavy atom. The summed E-state index contributed by atoms with van der Waals surface area (Å²) < 4.78 is 0. The van der Waals surface area contributed by atoms with Crippen molar-refractivity contribution in [1.29, 1.82) is 0 Å². The van der Waals surface area contributed by atoms with Crippen LogP contribution in [0.15, 0.2) is 42.5 Å². The summed E-state index contributed by atoms with van der Waals surface area (Å²) in [5, 5.41) is 4.44. The summed E-state index contributed by atoms with van der Waals surface area (Å²) in [7, 11) is 0. The quantitative estimate of drug-likeness (QED) is 0.569. The van der Waals surface area contributed by atoms with Crippen molar-refractivity contribution in [1.82, 2.24) is 10.2 Å². The Bertz CT molecular complexity index is 871. The lowest BCUT2D eigenvalue weighted by atomic mass is 10.1. The average molecular weight is 456 g/mol. The Balaban J connectivity index is 2.34. The Kier molecular flexibility index (Phi) is 8.81. The molecule has 0 saturated heterocycles. The highest BCUT2D eigenvalue weighted by Gasteiger charge is 2.29. The first-order valence-corrected chi connectivity index (χ1v) is 10.6. The van der Waals surface area contributed by atoms with Gasteiger partial charge in [0.15, 0.2) is 0 Å². The number of rotatable bonds is 8. The number of hydrogen-bond donors (Lipinski definition) is 1. The van der Waals surface area contributed by atoms with E-state index in [1.165, 1.54) is 0 Å². The Morgan fingerprint density at radius 3 is 2.31 bits per heavy atom. The van der Waals surface area contributed by atoms with Crippen molar-refractivity contribution in [2.24, 2.45) is 0 Å². The van der Waals surface area contributed by atoms with E-state index in [9.17, 15) is 9.59 Å². The molecule has 0 aromatic heterocycles. The molecule has 29 heavy (non-hydrogen) atoms. The van der Waals surface area contributed by atoms with E-state index in [2.05, 4.69) is 5.32 Å². The van der Waals surface area contributed by atoms with Crippen molar-refractivity contribution in [3.63, 3.8) is 0 Å². The van der Waals surface area contributed by atoms with Crippen LogP contribution in [0.2, 0.25) is 15.1 Å². The normalized spacial score (nSPS) is 12.0. The summed E-state index contributed by atoms with van der Waals surface area (Å²) in [6.45, 7) is 5.87. The van der Waals surface area contributed by atoms with Crippen LogP contribution in [0.3, 0.4) is 0 Å². The number of nitrogens with zero attached hydrogens (tertiary/aromatic N) is 1. The Hall–Kier alpha value is -1.75. The van der Waals surface area contributed by atoms with Crippen molar-refractivity contribution in [2.45, 2.75) is 52.2 Å². The number of benzene rings is 2. The molecule has 0 saturated carbocycles. The highest BCUT2D eigenvalue weighted by atomic mass is 35.5. The molecule has 2 rings (SSSR count). The molecule has 0 radical (unpaired) electrons. The number of amides is 2. The van der Waals surface area contributed by atoms with E-state index in [1.54, 1.807) is 41.3 Å². The number of nitrogens with one attached hydrogen (secondary N) is 1. The topological polar surface area (TPSA) is 49.4 Å². The molecule has 7 heteroatoms. The molecule has 0 heterocycles. The van der Waals surface area contributed by atoms with Crippen LogP contribution in [0.5, 0.6) is 0 Å². The van der Waals surface area contributed by atoms with Crippen LogP contribution in [0.1, 0.15) is 38.3 Å². The molecule has 2 aromatic carbocycles. The zero-order valence-corrected chi connectivity index (χ0v) is 19.0. The molecule has 0 spiro atoms. The largest absolute Gasteiger partial charge is 0.352 e. The van der Waals surface area contributed by atoms with Gasteiger partial charge in [0.05, 0.1) is 6.42 Å². The van der Waals surface area contributed by atoms with Gasteiger partial charge in [0, 0.05) is 27.7 Å². The van der Waals surface area contributed by atoms with Crippen LogP contribution in [-0.4, -0.2) is 28.8 Å². The van der Waals surface area contributed by atoms with Gasteiger partial charge in [-0.1, -0.05) is 59.9 Å². The maximum Gasteiger partial charge on any atom is 0.243 e. The van der Waals surface area contributed by atoms with Gasteiger partial charge in [-0.3, -0.25) is 9.59 Å². The number of carbonyl (C=O) groups is 2. The summed E-state index contributed by atoms with van der Waals surface area (Å²) >= 11 is 18.4. The average Bonchev–Trinajstić information content (AvgIpc) is 2.62. The number of hydrogen-bond acceptors (Lipinski definition) is 2. The zero-order valence-electron chi connectivity index (χ0n) is 16.7. The molecule has 156 valence electrons. The van der Waals surface area contributed by atoms with Gasteiger partial charge in [0.25, 0.3) is 0 Å². The smallest absolute Gasteiger partial charge is 0.243 e. The molecular weight excluding hydrogens is 431 g/mol. The van der Waals surface area contributed by atoms with E-state index < -0.39 is 6.04 Å². The van der Waals surface area contributed by atoms with E-state index in [4.69, 9.17) is 34.8 Å². The van der Waals surface area contributed by atoms with Crippen molar-refractivity contribution in [3.8, 4) is 0 Å². The first-order valence-electron chi connectivity index (χ1n) is 9.49. The third-order valence-electron chi connectivity index (χ3n) is 4.42. The second-order valence-electron chi connectivity index (χ2n) is 7.15. The standard InChI is InChI=1S/C22H25Cl3N2O2/c1-4-20(22(29)26-14(2)3)27(13-16-8-9-18(24)12-19(16)25)21(28)11-15-6-5-7-17(23)10-15/h5-10,12,14,20H,4,11,13H2,1-3H3,(H,26,29)/t20-/m0/s1. The minimum atomic E-state index is -0.615. The van der Waals surface area contributed by atoms with Crippen LogP contribution in [-0.2, 0) is 22.6 Å². The number of halogens is 3. The minimum Gasteiger partial charge on any atom is -0.352 e. The molecule has 2 amide bonds. The van der Waals surface area contributed by atoms with Crippen LogP contribution < -0.4 is 5.32 Å². The molecule has 0 aliphatic rings. The predicted octanol–water partition coefficient (Wildman–Crippen LogP) is 5.52. The Labute approximate surface area is 187 Å². The van der Waals surface area contributed by atoms with E-state index in [0.717, 1.165) is 11.1 Å². The first-order chi connectivity index (χ1) is 13.7. The van der Waals surface area contributed by atoms with Gasteiger partial charge in [-0.2, -0.15) is 0 Å². The van der Waals surface area contributed by atoms with E-state index >= 15 is 0 Å². The summed E-state index contributed by atoms with van der Waals surface area (Å²) in [6.07, 6.45) is 0.613. The minimum absolute atomic E-state index is 0.0273. The van der Waals surface area contributed by atoms with Crippen molar-refractivity contribution >= 4 is 46.6 Å². The summed E-state index contributed by atoms with van der Waals surface area (Å²) in [5.74, 6) is -0.365. The van der Waals surface area contributed by atoms with Crippen LogP contribution in [0.4, 0.5) is 0 Å². The maximum atomic E-state index is 13.2. The molecular formula is C22H25Cl3N2O2. The lowest BCUT2D eigenvalue weighted by Gasteiger charge is -2.31. The lowest BCUT2D eigenvalue weighted by molar-refractivity contribution is -0.141. The van der Waals surface area contributed by atoms with E-state index in [1.807, 2.05) is 26.8 Å². The second-order valence-corrected chi connectivity index (χ2v) is 8.43. The fraction of sp³-hybridized carbons (Fsp3) is 0.364.